The first kappa shape index (κ1) is 22.7. The highest BCUT2D eigenvalue weighted by molar-refractivity contribution is 14.0. The highest BCUT2D eigenvalue weighted by Gasteiger charge is 2.22. The molecule has 1 rings (SSSR count). The van der Waals surface area contributed by atoms with Crippen molar-refractivity contribution in [2.75, 3.05) is 26.2 Å². The van der Waals surface area contributed by atoms with Crippen LogP contribution in [0.1, 0.15) is 40.5 Å². The summed E-state index contributed by atoms with van der Waals surface area (Å²) in [7, 11) is 0. The number of carbonyl (C=O) groups excluding carboxylic acids is 2. The molecule has 140 valence electrons. The number of halogens is 1. The van der Waals surface area contributed by atoms with E-state index in [1.165, 1.54) is 0 Å². The number of guanidine groups is 1. The minimum absolute atomic E-state index is 0. The summed E-state index contributed by atoms with van der Waals surface area (Å²) < 4.78 is 5.14. The maximum Gasteiger partial charge on any atom is 0.407 e. The van der Waals surface area contributed by atoms with Crippen LogP contribution in [0.15, 0.2) is 4.99 Å². The van der Waals surface area contributed by atoms with E-state index in [0.29, 0.717) is 31.6 Å². The molecule has 1 aliphatic rings. The van der Waals surface area contributed by atoms with Crippen LogP contribution in [0.5, 0.6) is 0 Å². The Labute approximate surface area is 161 Å². The Morgan fingerprint density at radius 1 is 1.12 bits per heavy atom. The number of hydrogen-bond donors (Lipinski definition) is 4. The van der Waals surface area contributed by atoms with Gasteiger partial charge >= 0.3 is 6.09 Å². The molecule has 0 bridgehead atoms. The molecule has 24 heavy (non-hydrogen) atoms. The minimum atomic E-state index is -0.511. The summed E-state index contributed by atoms with van der Waals surface area (Å²) >= 11 is 0. The molecular weight excluding hydrogens is 425 g/mol. The first-order valence-electron chi connectivity index (χ1n) is 8.08. The highest BCUT2D eigenvalue weighted by Crippen LogP contribution is 2.18. The largest absolute Gasteiger partial charge is 0.444 e. The molecule has 1 aliphatic carbocycles. The van der Waals surface area contributed by atoms with Gasteiger partial charge in [0.2, 0.25) is 5.91 Å². The lowest BCUT2D eigenvalue weighted by Crippen LogP contribution is -2.43. The second kappa shape index (κ2) is 11.3. The fourth-order valence-electron chi connectivity index (χ4n) is 1.65. The van der Waals surface area contributed by atoms with Crippen LogP contribution in [0.25, 0.3) is 0 Å². The Balaban J connectivity index is 0.00000529. The molecule has 0 aromatic carbocycles. The zero-order chi connectivity index (χ0) is 17.3. The summed E-state index contributed by atoms with van der Waals surface area (Å²) in [4.78, 5) is 27.3. The van der Waals surface area contributed by atoms with Gasteiger partial charge in [-0.25, -0.2) is 9.79 Å². The summed E-state index contributed by atoms with van der Waals surface area (Å²) in [6, 6.07) is 0.339. The van der Waals surface area contributed by atoms with Crippen molar-refractivity contribution < 1.29 is 14.3 Å². The van der Waals surface area contributed by atoms with Crippen molar-refractivity contribution in [1.29, 1.82) is 0 Å². The van der Waals surface area contributed by atoms with E-state index >= 15 is 0 Å². The maximum absolute atomic E-state index is 11.6. The van der Waals surface area contributed by atoms with Gasteiger partial charge in [-0.1, -0.05) is 0 Å². The van der Waals surface area contributed by atoms with E-state index in [1.54, 1.807) is 0 Å². The first-order valence-corrected chi connectivity index (χ1v) is 8.08. The predicted octanol–water partition coefficient (Wildman–Crippen LogP) is 0.963. The third-order valence-corrected chi connectivity index (χ3v) is 2.75. The predicted molar refractivity (Wildman–Crippen MR) is 105 cm³/mol. The Kier molecular flexibility index (Phi) is 10.7. The molecule has 8 nitrogen and oxygen atoms in total. The maximum atomic E-state index is 11.6. The van der Waals surface area contributed by atoms with Crippen LogP contribution in [0.3, 0.4) is 0 Å². The standard InChI is InChI=1S/C15H29N5O3.HI/c1-5-16-13(19-10-12(21)20-11-6-7-11)17-8-9-18-14(22)23-15(2,3)4;/h11H,5-10H2,1-4H3,(H,18,22)(H,20,21)(H2,16,17,19);1H. The lowest BCUT2D eigenvalue weighted by atomic mass is 10.2. The van der Waals surface area contributed by atoms with Crippen LogP contribution in [-0.2, 0) is 9.53 Å². The monoisotopic (exact) mass is 455 g/mol. The molecule has 4 N–H and O–H groups in total. The number of hydrogen-bond acceptors (Lipinski definition) is 4. The number of carbonyl (C=O) groups is 2. The SMILES string of the molecule is CCNC(=NCC(=O)NC1CC1)NCCNC(=O)OC(C)(C)C.I. The molecule has 0 spiro atoms. The van der Waals surface area contributed by atoms with Crippen LogP contribution in [0.4, 0.5) is 4.79 Å². The molecule has 1 saturated carbocycles. The lowest BCUT2D eigenvalue weighted by molar-refractivity contribution is -0.119. The Morgan fingerprint density at radius 2 is 1.75 bits per heavy atom. The quantitative estimate of drug-likeness (QED) is 0.198. The summed E-state index contributed by atoms with van der Waals surface area (Å²) in [6.45, 7) is 9.04. The van der Waals surface area contributed by atoms with Gasteiger partial charge in [0.15, 0.2) is 5.96 Å². The van der Waals surface area contributed by atoms with Crippen molar-refractivity contribution in [3.8, 4) is 0 Å². The molecule has 2 amide bonds. The van der Waals surface area contributed by atoms with E-state index in [-0.39, 0.29) is 36.4 Å². The molecule has 0 aromatic heterocycles. The van der Waals surface area contributed by atoms with Gasteiger partial charge in [-0.3, -0.25) is 4.79 Å². The van der Waals surface area contributed by atoms with Gasteiger partial charge in [0.1, 0.15) is 12.1 Å². The van der Waals surface area contributed by atoms with Crippen molar-refractivity contribution in [2.45, 2.75) is 52.2 Å². The minimum Gasteiger partial charge on any atom is -0.444 e. The first-order chi connectivity index (χ1) is 10.8. The van der Waals surface area contributed by atoms with Crippen molar-refractivity contribution in [1.82, 2.24) is 21.3 Å². The van der Waals surface area contributed by atoms with Gasteiger partial charge in [-0.15, -0.1) is 24.0 Å². The summed E-state index contributed by atoms with van der Waals surface area (Å²) in [5, 5.41) is 11.6. The zero-order valence-corrected chi connectivity index (χ0v) is 17.2. The number of alkyl carbamates (subject to hydrolysis) is 1. The van der Waals surface area contributed by atoms with E-state index in [0.717, 1.165) is 12.8 Å². The molecule has 0 saturated heterocycles. The van der Waals surface area contributed by atoms with Gasteiger partial charge in [0.25, 0.3) is 0 Å². The average molecular weight is 455 g/mol. The molecular formula is C15H30IN5O3. The van der Waals surface area contributed by atoms with Gasteiger partial charge in [0.05, 0.1) is 0 Å². The molecule has 9 heteroatoms. The van der Waals surface area contributed by atoms with E-state index in [4.69, 9.17) is 4.74 Å². The average Bonchev–Trinajstić information content (AvgIpc) is 3.22. The Bertz CT molecular complexity index is 433. The second-order valence-electron chi connectivity index (χ2n) is 6.39. The molecule has 0 heterocycles. The number of nitrogens with one attached hydrogen (secondary N) is 4. The molecule has 0 radical (unpaired) electrons. The lowest BCUT2D eigenvalue weighted by Gasteiger charge is -2.19. The fraction of sp³-hybridized carbons (Fsp3) is 0.800. The van der Waals surface area contributed by atoms with Crippen LogP contribution in [-0.4, -0.2) is 55.8 Å². The third-order valence-electron chi connectivity index (χ3n) is 2.75. The third kappa shape index (κ3) is 12.2. The number of ether oxygens (including phenoxy) is 1. The van der Waals surface area contributed by atoms with E-state index < -0.39 is 11.7 Å². The van der Waals surface area contributed by atoms with Crippen molar-refractivity contribution in [3.63, 3.8) is 0 Å². The molecule has 1 fully saturated rings. The smallest absolute Gasteiger partial charge is 0.407 e. The number of nitrogens with zero attached hydrogens (tertiary/aromatic N) is 1. The van der Waals surface area contributed by atoms with E-state index in [2.05, 4.69) is 26.3 Å². The van der Waals surface area contributed by atoms with E-state index in [9.17, 15) is 9.59 Å². The van der Waals surface area contributed by atoms with E-state index in [1.807, 2.05) is 27.7 Å². The fourth-order valence-corrected chi connectivity index (χ4v) is 1.65. The summed E-state index contributed by atoms with van der Waals surface area (Å²) in [6.07, 6.45) is 1.67. The Hall–Kier alpha value is -1.26. The van der Waals surface area contributed by atoms with Crippen molar-refractivity contribution >= 4 is 41.9 Å². The van der Waals surface area contributed by atoms with Gasteiger partial charge in [0, 0.05) is 25.7 Å². The van der Waals surface area contributed by atoms with Gasteiger partial charge in [-0.2, -0.15) is 0 Å². The number of amides is 2. The van der Waals surface area contributed by atoms with Crippen LogP contribution in [0.2, 0.25) is 0 Å². The zero-order valence-electron chi connectivity index (χ0n) is 14.9. The van der Waals surface area contributed by atoms with Crippen LogP contribution < -0.4 is 21.3 Å². The number of aliphatic imine (C=N–C) groups is 1. The van der Waals surface area contributed by atoms with Gasteiger partial charge < -0.3 is 26.0 Å². The van der Waals surface area contributed by atoms with Crippen LogP contribution >= 0.6 is 24.0 Å². The normalized spacial score (nSPS) is 14.2. The summed E-state index contributed by atoms with van der Waals surface area (Å²) in [5.74, 6) is 0.473. The topological polar surface area (TPSA) is 104 Å². The highest BCUT2D eigenvalue weighted by atomic mass is 127. The Morgan fingerprint density at radius 3 is 2.29 bits per heavy atom. The van der Waals surface area contributed by atoms with Gasteiger partial charge in [-0.05, 0) is 40.5 Å². The number of rotatable bonds is 7. The molecule has 0 aliphatic heterocycles. The van der Waals surface area contributed by atoms with Crippen molar-refractivity contribution in [2.24, 2.45) is 4.99 Å². The second-order valence-corrected chi connectivity index (χ2v) is 6.39. The van der Waals surface area contributed by atoms with Crippen molar-refractivity contribution in [3.05, 3.63) is 0 Å². The van der Waals surface area contributed by atoms with Crippen LogP contribution in [0, 0.1) is 0 Å². The molecule has 0 unspecified atom stereocenters. The molecule has 0 atom stereocenters. The summed E-state index contributed by atoms with van der Waals surface area (Å²) in [5.41, 5.74) is -0.511. The molecule has 0 aromatic rings.